The SMILES string of the molecule is Cc1ccccc1NC(=O)c1cc(Nc2ccc(N3CCCC3)cc2)ncn1. The molecule has 1 aliphatic heterocycles. The maximum absolute atomic E-state index is 12.5. The van der Waals surface area contributed by atoms with E-state index in [-0.39, 0.29) is 5.91 Å². The zero-order valence-electron chi connectivity index (χ0n) is 15.9. The third kappa shape index (κ3) is 4.11. The van der Waals surface area contributed by atoms with Crippen molar-refractivity contribution in [2.45, 2.75) is 19.8 Å². The molecule has 142 valence electrons. The zero-order valence-corrected chi connectivity index (χ0v) is 15.9. The second-order valence-electron chi connectivity index (χ2n) is 6.92. The fraction of sp³-hybridized carbons (Fsp3) is 0.227. The van der Waals surface area contributed by atoms with Crippen molar-refractivity contribution in [3.05, 3.63) is 72.2 Å². The Balaban J connectivity index is 1.44. The summed E-state index contributed by atoms with van der Waals surface area (Å²) in [7, 11) is 0. The molecule has 1 fully saturated rings. The zero-order chi connectivity index (χ0) is 19.3. The van der Waals surface area contributed by atoms with Gasteiger partial charge in [-0.1, -0.05) is 18.2 Å². The molecule has 1 aliphatic rings. The van der Waals surface area contributed by atoms with Crippen LogP contribution in [0.3, 0.4) is 0 Å². The van der Waals surface area contributed by atoms with Crippen molar-refractivity contribution < 1.29 is 4.79 Å². The second-order valence-corrected chi connectivity index (χ2v) is 6.92. The molecule has 28 heavy (non-hydrogen) atoms. The van der Waals surface area contributed by atoms with Crippen LogP contribution < -0.4 is 15.5 Å². The molecule has 1 amide bonds. The van der Waals surface area contributed by atoms with E-state index in [1.54, 1.807) is 6.07 Å². The highest BCUT2D eigenvalue weighted by Crippen LogP contribution is 2.23. The maximum atomic E-state index is 12.5. The van der Waals surface area contributed by atoms with E-state index in [2.05, 4.69) is 37.6 Å². The van der Waals surface area contributed by atoms with Gasteiger partial charge in [0.05, 0.1) is 0 Å². The van der Waals surface area contributed by atoms with Crippen LogP contribution in [0.25, 0.3) is 0 Å². The minimum atomic E-state index is -0.260. The van der Waals surface area contributed by atoms with Crippen LogP contribution in [-0.4, -0.2) is 29.0 Å². The van der Waals surface area contributed by atoms with Crippen molar-refractivity contribution in [1.82, 2.24) is 9.97 Å². The lowest BCUT2D eigenvalue weighted by atomic mass is 10.2. The van der Waals surface area contributed by atoms with Crippen molar-refractivity contribution >= 4 is 28.8 Å². The van der Waals surface area contributed by atoms with E-state index in [0.717, 1.165) is 30.0 Å². The predicted octanol–water partition coefficient (Wildman–Crippen LogP) is 4.38. The van der Waals surface area contributed by atoms with Crippen LogP contribution in [0.4, 0.5) is 22.9 Å². The van der Waals surface area contributed by atoms with Gasteiger partial charge in [-0.25, -0.2) is 9.97 Å². The van der Waals surface area contributed by atoms with Gasteiger partial charge >= 0.3 is 0 Å². The average molecular weight is 373 g/mol. The van der Waals surface area contributed by atoms with Gasteiger partial charge in [0.2, 0.25) is 0 Å². The Morgan fingerprint density at radius 1 is 1.00 bits per heavy atom. The smallest absolute Gasteiger partial charge is 0.274 e. The van der Waals surface area contributed by atoms with Crippen LogP contribution in [0, 0.1) is 6.92 Å². The van der Waals surface area contributed by atoms with Gasteiger partial charge in [-0.15, -0.1) is 0 Å². The Kier molecular flexibility index (Phi) is 5.19. The van der Waals surface area contributed by atoms with E-state index >= 15 is 0 Å². The Bertz CT molecular complexity index is 965. The normalized spacial score (nSPS) is 13.4. The number of anilines is 4. The molecule has 0 spiro atoms. The van der Waals surface area contributed by atoms with Crippen LogP contribution in [0.1, 0.15) is 28.9 Å². The van der Waals surface area contributed by atoms with E-state index in [1.165, 1.54) is 24.9 Å². The molecule has 4 rings (SSSR count). The Morgan fingerprint density at radius 2 is 1.75 bits per heavy atom. The first-order valence-corrected chi connectivity index (χ1v) is 9.50. The van der Waals surface area contributed by atoms with E-state index in [4.69, 9.17) is 0 Å². The largest absolute Gasteiger partial charge is 0.372 e. The number of rotatable bonds is 5. The number of nitrogens with one attached hydrogen (secondary N) is 2. The highest BCUT2D eigenvalue weighted by atomic mass is 16.1. The van der Waals surface area contributed by atoms with Crippen LogP contribution >= 0.6 is 0 Å². The number of aromatic nitrogens is 2. The Labute approximate surface area is 164 Å². The summed E-state index contributed by atoms with van der Waals surface area (Å²) in [6, 6.07) is 17.6. The minimum Gasteiger partial charge on any atom is -0.372 e. The van der Waals surface area contributed by atoms with Gasteiger partial charge in [0.25, 0.3) is 5.91 Å². The molecule has 1 aromatic heterocycles. The molecule has 3 aromatic rings. The maximum Gasteiger partial charge on any atom is 0.274 e. The summed E-state index contributed by atoms with van der Waals surface area (Å²) in [5, 5.41) is 6.14. The third-order valence-electron chi connectivity index (χ3n) is 4.90. The van der Waals surface area contributed by atoms with Gasteiger partial charge in [0.1, 0.15) is 17.8 Å². The summed E-state index contributed by atoms with van der Waals surface area (Å²) in [5.74, 6) is 0.322. The van der Waals surface area contributed by atoms with Crippen LogP contribution in [-0.2, 0) is 0 Å². The van der Waals surface area contributed by atoms with E-state index in [1.807, 2.05) is 43.3 Å². The first kappa shape index (κ1) is 18.0. The minimum absolute atomic E-state index is 0.260. The summed E-state index contributed by atoms with van der Waals surface area (Å²) in [6.07, 6.45) is 3.91. The van der Waals surface area contributed by atoms with Crippen molar-refractivity contribution in [1.29, 1.82) is 0 Å². The number of aryl methyl sites for hydroxylation is 1. The van der Waals surface area contributed by atoms with Gasteiger partial charge < -0.3 is 15.5 Å². The van der Waals surface area contributed by atoms with Crippen LogP contribution in [0.15, 0.2) is 60.9 Å². The molecule has 6 nitrogen and oxygen atoms in total. The molecular formula is C22H23N5O. The molecule has 2 heterocycles. The number of hydrogen-bond acceptors (Lipinski definition) is 5. The summed E-state index contributed by atoms with van der Waals surface area (Å²) in [6.45, 7) is 4.20. The summed E-state index contributed by atoms with van der Waals surface area (Å²) in [4.78, 5) is 23.3. The van der Waals surface area contributed by atoms with Crippen LogP contribution in [0.2, 0.25) is 0 Å². The topological polar surface area (TPSA) is 70.2 Å². The number of carbonyl (C=O) groups excluding carboxylic acids is 1. The fourth-order valence-corrected chi connectivity index (χ4v) is 3.33. The number of carbonyl (C=O) groups is 1. The van der Waals surface area contributed by atoms with Crippen molar-refractivity contribution in [2.24, 2.45) is 0 Å². The van der Waals surface area contributed by atoms with Gasteiger partial charge in [0.15, 0.2) is 0 Å². The van der Waals surface area contributed by atoms with Gasteiger partial charge in [-0.3, -0.25) is 4.79 Å². The predicted molar refractivity (Wildman–Crippen MR) is 112 cm³/mol. The summed E-state index contributed by atoms with van der Waals surface area (Å²) >= 11 is 0. The van der Waals surface area contributed by atoms with Gasteiger partial charge in [0, 0.05) is 36.2 Å². The number of benzene rings is 2. The lowest BCUT2D eigenvalue weighted by Gasteiger charge is -2.17. The van der Waals surface area contributed by atoms with Crippen molar-refractivity contribution in [3.8, 4) is 0 Å². The first-order chi connectivity index (χ1) is 13.7. The molecule has 0 atom stereocenters. The van der Waals surface area contributed by atoms with Gasteiger partial charge in [-0.2, -0.15) is 0 Å². The van der Waals surface area contributed by atoms with Crippen molar-refractivity contribution in [3.63, 3.8) is 0 Å². The molecule has 0 bridgehead atoms. The second kappa shape index (κ2) is 8.08. The van der Waals surface area contributed by atoms with Crippen LogP contribution in [0.5, 0.6) is 0 Å². The molecular weight excluding hydrogens is 350 g/mol. The Hall–Kier alpha value is -3.41. The molecule has 1 saturated heterocycles. The lowest BCUT2D eigenvalue weighted by Crippen LogP contribution is -2.17. The lowest BCUT2D eigenvalue weighted by molar-refractivity contribution is 0.102. The fourth-order valence-electron chi connectivity index (χ4n) is 3.33. The van der Waals surface area contributed by atoms with Gasteiger partial charge in [-0.05, 0) is 55.7 Å². The van der Waals surface area contributed by atoms with E-state index in [0.29, 0.717) is 11.5 Å². The molecule has 2 N–H and O–H groups in total. The highest BCUT2D eigenvalue weighted by molar-refractivity contribution is 6.03. The first-order valence-electron chi connectivity index (χ1n) is 9.50. The molecule has 2 aromatic carbocycles. The number of hydrogen-bond donors (Lipinski definition) is 2. The third-order valence-corrected chi connectivity index (χ3v) is 4.90. The molecule has 0 saturated carbocycles. The highest BCUT2D eigenvalue weighted by Gasteiger charge is 2.13. The van der Waals surface area contributed by atoms with E-state index < -0.39 is 0 Å². The Morgan fingerprint density at radius 3 is 2.50 bits per heavy atom. The van der Waals surface area contributed by atoms with Crippen molar-refractivity contribution in [2.75, 3.05) is 28.6 Å². The average Bonchev–Trinajstić information content (AvgIpc) is 3.25. The molecule has 0 radical (unpaired) electrons. The standard InChI is InChI=1S/C22H23N5O/c1-16-6-2-3-7-19(16)26-22(28)20-14-21(24-15-23-20)25-17-8-10-18(11-9-17)27-12-4-5-13-27/h2-3,6-11,14-15H,4-5,12-13H2,1H3,(H,26,28)(H,23,24,25). The molecule has 6 heteroatoms. The number of amides is 1. The quantitative estimate of drug-likeness (QED) is 0.694. The molecule has 0 aliphatic carbocycles. The van der Waals surface area contributed by atoms with E-state index in [9.17, 15) is 4.79 Å². The monoisotopic (exact) mass is 373 g/mol. The number of para-hydroxylation sites is 1. The summed E-state index contributed by atoms with van der Waals surface area (Å²) < 4.78 is 0. The summed E-state index contributed by atoms with van der Waals surface area (Å²) in [5.41, 5.74) is 4.25. The number of nitrogens with zero attached hydrogens (tertiary/aromatic N) is 3. The molecule has 0 unspecified atom stereocenters.